The van der Waals surface area contributed by atoms with E-state index in [1.54, 1.807) is 42.7 Å². The van der Waals surface area contributed by atoms with E-state index < -0.39 is 6.61 Å². The number of anilines is 1. The van der Waals surface area contributed by atoms with Gasteiger partial charge in [0.1, 0.15) is 0 Å². The number of halogens is 3. The lowest BCUT2D eigenvalue weighted by molar-refractivity contribution is -0.0520. The average molecular weight is 539 g/mol. The Labute approximate surface area is 189 Å². The summed E-state index contributed by atoms with van der Waals surface area (Å²) < 4.78 is 35.7. The molecule has 1 aliphatic heterocycles. The van der Waals surface area contributed by atoms with Crippen molar-refractivity contribution in [2.45, 2.75) is 20.1 Å². The number of para-hydroxylation sites is 1. The molecule has 0 spiro atoms. The molecule has 1 saturated heterocycles. The number of benzene rings is 1. The zero-order valence-corrected chi connectivity index (χ0v) is 19.1. The number of aromatic nitrogens is 1. The number of nitrogens with two attached hydrogens (primary N) is 1. The lowest BCUT2D eigenvalue weighted by atomic mass is 10.2. The van der Waals surface area contributed by atoms with Crippen LogP contribution in [0.3, 0.4) is 0 Å². The Morgan fingerprint density at radius 2 is 2.07 bits per heavy atom. The lowest BCUT2D eigenvalue weighted by Gasteiger charge is -2.35. The highest BCUT2D eigenvalue weighted by Crippen LogP contribution is 2.33. The van der Waals surface area contributed by atoms with Crippen molar-refractivity contribution in [3.8, 4) is 11.5 Å². The SMILES string of the molecule is CCOc1cccc(CN=C(N)N2CCN(c3nccs3)CC2)c1OC(F)F.I. The molecule has 7 nitrogen and oxygen atoms in total. The van der Waals surface area contributed by atoms with Crippen LogP contribution in [0, 0.1) is 0 Å². The highest BCUT2D eigenvalue weighted by Gasteiger charge is 2.20. The maximum atomic E-state index is 12.8. The second-order valence-electron chi connectivity index (χ2n) is 6.02. The zero-order chi connectivity index (χ0) is 19.9. The fourth-order valence-electron chi connectivity index (χ4n) is 2.94. The van der Waals surface area contributed by atoms with E-state index >= 15 is 0 Å². The summed E-state index contributed by atoms with van der Waals surface area (Å²) in [5, 5.41) is 2.95. The van der Waals surface area contributed by atoms with Crippen molar-refractivity contribution in [1.29, 1.82) is 0 Å². The van der Waals surface area contributed by atoms with E-state index in [0.717, 1.165) is 18.2 Å². The summed E-state index contributed by atoms with van der Waals surface area (Å²) in [6, 6.07) is 4.99. The molecule has 1 aliphatic rings. The van der Waals surface area contributed by atoms with E-state index in [-0.39, 0.29) is 42.0 Å². The molecule has 0 bridgehead atoms. The average Bonchev–Trinajstić information content (AvgIpc) is 3.23. The van der Waals surface area contributed by atoms with Crippen molar-refractivity contribution in [1.82, 2.24) is 9.88 Å². The third kappa shape index (κ3) is 6.29. The van der Waals surface area contributed by atoms with E-state index in [0.29, 0.717) is 31.2 Å². The third-order valence-corrected chi connectivity index (χ3v) is 5.10. The molecule has 2 aromatic rings. The quantitative estimate of drug-likeness (QED) is 0.331. The van der Waals surface area contributed by atoms with Gasteiger partial charge >= 0.3 is 6.61 Å². The van der Waals surface area contributed by atoms with Crippen LogP contribution in [0.5, 0.6) is 11.5 Å². The molecular weight excluding hydrogens is 515 g/mol. The Morgan fingerprint density at radius 1 is 1.31 bits per heavy atom. The second kappa shape index (κ2) is 11.3. The molecule has 0 unspecified atom stereocenters. The Kier molecular flexibility index (Phi) is 9.14. The molecule has 1 aromatic heterocycles. The molecule has 1 aromatic carbocycles. The highest BCUT2D eigenvalue weighted by molar-refractivity contribution is 14.0. The Hall–Kier alpha value is -1.89. The fraction of sp³-hybridized carbons (Fsp3) is 0.444. The van der Waals surface area contributed by atoms with Crippen molar-refractivity contribution in [3.05, 3.63) is 35.3 Å². The topological polar surface area (TPSA) is 76.2 Å². The van der Waals surface area contributed by atoms with E-state index in [2.05, 4.69) is 19.6 Å². The van der Waals surface area contributed by atoms with Crippen LogP contribution in [0.2, 0.25) is 0 Å². The van der Waals surface area contributed by atoms with E-state index in [1.165, 1.54) is 0 Å². The molecule has 0 radical (unpaired) electrons. The molecule has 1 fully saturated rings. The van der Waals surface area contributed by atoms with Gasteiger partial charge in [-0.2, -0.15) is 8.78 Å². The van der Waals surface area contributed by atoms with Gasteiger partial charge in [0.25, 0.3) is 0 Å². The lowest BCUT2D eigenvalue weighted by Crippen LogP contribution is -2.51. The maximum Gasteiger partial charge on any atom is 0.387 e. The predicted molar refractivity (Wildman–Crippen MR) is 121 cm³/mol. The number of nitrogens with zero attached hydrogens (tertiary/aromatic N) is 4. The van der Waals surface area contributed by atoms with Crippen LogP contribution in [-0.2, 0) is 6.54 Å². The van der Waals surface area contributed by atoms with Gasteiger partial charge < -0.3 is 25.0 Å². The standard InChI is InChI=1S/C18H23F2N5O2S.HI/c1-2-26-14-5-3-4-13(15(14)27-16(19)20)12-23-17(21)24-7-9-25(10-8-24)18-22-6-11-28-18;/h3-6,11,16H,2,7-10,12H2,1H3,(H2,21,23);1H. The first-order valence-corrected chi connectivity index (χ1v) is 9.85. The van der Waals surface area contributed by atoms with Crippen molar-refractivity contribution in [2.24, 2.45) is 10.7 Å². The number of rotatable bonds is 7. The summed E-state index contributed by atoms with van der Waals surface area (Å²) >= 11 is 1.61. The van der Waals surface area contributed by atoms with Crippen LogP contribution in [-0.4, -0.2) is 55.2 Å². The summed E-state index contributed by atoms with van der Waals surface area (Å²) in [5.41, 5.74) is 6.63. The van der Waals surface area contributed by atoms with Gasteiger partial charge in [-0.25, -0.2) is 9.98 Å². The third-order valence-electron chi connectivity index (χ3n) is 4.27. The molecule has 0 atom stereocenters. The summed E-state index contributed by atoms with van der Waals surface area (Å²) in [4.78, 5) is 12.9. The van der Waals surface area contributed by atoms with Gasteiger partial charge in [-0.3, -0.25) is 0 Å². The molecular formula is C18H24F2IN5O2S. The number of guanidine groups is 1. The molecule has 0 amide bonds. The molecule has 160 valence electrons. The molecule has 3 rings (SSSR count). The first kappa shape index (κ1) is 23.4. The normalized spacial score (nSPS) is 14.7. The Morgan fingerprint density at radius 3 is 2.69 bits per heavy atom. The number of alkyl halides is 2. The molecule has 11 heteroatoms. The highest BCUT2D eigenvalue weighted by atomic mass is 127. The van der Waals surface area contributed by atoms with Gasteiger partial charge in [0.15, 0.2) is 22.6 Å². The van der Waals surface area contributed by atoms with Crippen LogP contribution < -0.4 is 20.1 Å². The number of hydrogen-bond donors (Lipinski definition) is 1. The largest absolute Gasteiger partial charge is 0.490 e. The van der Waals surface area contributed by atoms with E-state index in [1.807, 2.05) is 10.3 Å². The summed E-state index contributed by atoms with van der Waals surface area (Å²) in [7, 11) is 0. The van der Waals surface area contributed by atoms with Crippen molar-refractivity contribution in [2.75, 3.05) is 37.7 Å². The first-order valence-electron chi connectivity index (χ1n) is 8.97. The van der Waals surface area contributed by atoms with Gasteiger partial charge in [-0.15, -0.1) is 35.3 Å². The van der Waals surface area contributed by atoms with Crippen LogP contribution in [0.25, 0.3) is 0 Å². The number of ether oxygens (including phenoxy) is 2. The van der Waals surface area contributed by atoms with Gasteiger partial charge in [0.2, 0.25) is 0 Å². The van der Waals surface area contributed by atoms with E-state index in [9.17, 15) is 8.78 Å². The maximum absolute atomic E-state index is 12.8. The summed E-state index contributed by atoms with van der Waals surface area (Å²) in [6.45, 7) is 2.33. The van der Waals surface area contributed by atoms with Crippen molar-refractivity contribution >= 4 is 46.4 Å². The Balaban J connectivity index is 0.00000300. The molecule has 29 heavy (non-hydrogen) atoms. The van der Waals surface area contributed by atoms with Crippen LogP contribution in [0.1, 0.15) is 12.5 Å². The van der Waals surface area contributed by atoms with Gasteiger partial charge in [0, 0.05) is 43.3 Å². The number of aliphatic imine (C=N–C) groups is 1. The molecule has 2 N–H and O–H groups in total. The zero-order valence-electron chi connectivity index (χ0n) is 16.0. The smallest absolute Gasteiger partial charge is 0.387 e. The monoisotopic (exact) mass is 539 g/mol. The summed E-state index contributed by atoms with van der Waals surface area (Å²) in [5.74, 6) is 0.652. The number of thiazole rings is 1. The minimum atomic E-state index is -2.94. The molecule has 0 saturated carbocycles. The number of hydrogen-bond acceptors (Lipinski definition) is 6. The molecule has 0 aliphatic carbocycles. The van der Waals surface area contributed by atoms with E-state index in [4.69, 9.17) is 10.5 Å². The van der Waals surface area contributed by atoms with Crippen LogP contribution in [0.15, 0.2) is 34.8 Å². The fourth-order valence-corrected chi connectivity index (χ4v) is 3.64. The van der Waals surface area contributed by atoms with Gasteiger partial charge in [-0.1, -0.05) is 12.1 Å². The second-order valence-corrected chi connectivity index (χ2v) is 6.89. The van der Waals surface area contributed by atoms with Gasteiger partial charge in [-0.05, 0) is 13.0 Å². The minimum Gasteiger partial charge on any atom is -0.490 e. The predicted octanol–water partition coefficient (Wildman–Crippen LogP) is 3.40. The van der Waals surface area contributed by atoms with Crippen molar-refractivity contribution < 1.29 is 18.3 Å². The Bertz CT molecular complexity index is 787. The van der Waals surface area contributed by atoms with Gasteiger partial charge in [0.05, 0.1) is 13.2 Å². The summed E-state index contributed by atoms with van der Waals surface area (Å²) in [6.07, 6.45) is 1.79. The number of piperazine rings is 1. The van der Waals surface area contributed by atoms with Crippen molar-refractivity contribution in [3.63, 3.8) is 0 Å². The van der Waals surface area contributed by atoms with Crippen LogP contribution in [0.4, 0.5) is 13.9 Å². The molecule has 2 heterocycles. The first-order chi connectivity index (χ1) is 13.6. The van der Waals surface area contributed by atoms with Crippen LogP contribution >= 0.6 is 35.3 Å². The minimum absolute atomic E-state index is 0.